The number of hydrogen-bond donors (Lipinski definition) is 0. The van der Waals surface area contributed by atoms with Gasteiger partial charge in [-0.05, 0) is 56.0 Å². The van der Waals surface area contributed by atoms with Crippen molar-refractivity contribution < 1.29 is 22.3 Å². The second-order valence-corrected chi connectivity index (χ2v) is 15.8. The summed E-state index contributed by atoms with van der Waals surface area (Å²) < 4.78 is 51.5. The summed E-state index contributed by atoms with van der Waals surface area (Å²) in [5, 5.41) is 8.12. The first-order valence-electron chi connectivity index (χ1n) is 18.6. The average Bonchev–Trinajstić information content (AvgIpc) is 3.87. The van der Waals surface area contributed by atoms with Gasteiger partial charge in [0.25, 0.3) is 11.5 Å². The molecule has 2 aliphatic heterocycles. The molecule has 0 saturated carbocycles. The van der Waals surface area contributed by atoms with Crippen LogP contribution in [-0.2, 0) is 23.7 Å². The van der Waals surface area contributed by atoms with Crippen molar-refractivity contribution in [3.05, 3.63) is 108 Å². The molecule has 0 saturated heterocycles. The summed E-state index contributed by atoms with van der Waals surface area (Å²) in [6.45, 7) is 8.55. The van der Waals surface area contributed by atoms with Crippen LogP contribution in [0.25, 0.3) is 53.9 Å². The molecular formula is C43H42F3N5S+2. The molecule has 7 aromatic rings. The number of rotatable bonds is 8. The first kappa shape index (κ1) is 33.2. The standard InChI is InChI=1S/C43H42F3N5S/c1-5-8-14-28-16-13-19-35-36(28)30-22-21-29-32(50-31-17-10-9-15-27(31)20-23-33(50)37(29)38(30)52-35)24-25-42(7-3)41(4,6-2)51-39(34-18-11-12-26-49(34)42)47-40(48-51)43(44,45)46/h9-13,15-23,26,32H,5-8,14,24-25H2,1-4H3/q+2. The molecule has 0 N–H and O–H groups in total. The third-order valence-corrected chi connectivity index (χ3v) is 13.6. The molecule has 0 amide bonds. The molecule has 0 aliphatic carbocycles. The Kier molecular flexibility index (Phi) is 7.64. The smallest absolute Gasteiger partial charge is 0.227 e. The molecule has 0 radical (unpaired) electrons. The van der Waals surface area contributed by atoms with Crippen LogP contribution in [0, 0.1) is 0 Å². The molecule has 3 unspecified atom stereocenters. The summed E-state index contributed by atoms with van der Waals surface area (Å²) in [5.41, 5.74) is 5.76. The maximum Gasteiger partial charge on any atom is 0.453 e. The monoisotopic (exact) mass is 717 g/mol. The number of aromatic nitrogens is 5. The third-order valence-electron chi connectivity index (χ3n) is 12.4. The van der Waals surface area contributed by atoms with Gasteiger partial charge in [0.15, 0.2) is 17.8 Å². The van der Waals surface area contributed by atoms with Gasteiger partial charge in [-0.25, -0.2) is 4.68 Å². The first-order valence-corrected chi connectivity index (χ1v) is 19.4. The van der Waals surface area contributed by atoms with E-state index in [1.807, 2.05) is 35.7 Å². The number of halogens is 3. The zero-order valence-electron chi connectivity index (χ0n) is 30.0. The van der Waals surface area contributed by atoms with E-state index < -0.39 is 23.1 Å². The SMILES string of the molecule is CCCCc1cccc2sc3c4c(ccc3c12)C(CCC1(CC)[n+]2ccccc2-c2nc(C(F)(F)F)nn2C1(C)CC)[n+]1c-4ccc2ccccc21. The number of thiophene rings is 1. The van der Waals surface area contributed by atoms with Crippen molar-refractivity contribution in [1.82, 2.24) is 14.8 Å². The number of fused-ring (bicyclic) bond motifs is 12. The van der Waals surface area contributed by atoms with Crippen LogP contribution in [0.2, 0.25) is 0 Å². The Morgan fingerprint density at radius 2 is 1.71 bits per heavy atom. The van der Waals surface area contributed by atoms with E-state index in [0.29, 0.717) is 18.5 Å². The molecule has 0 spiro atoms. The molecular weight excluding hydrogens is 676 g/mol. The molecule has 9 rings (SSSR count). The number of pyridine rings is 2. The van der Waals surface area contributed by atoms with Gasteiger partial charge in [0, 0.05) is 74.6 Å². The highest BCUT2D eigenvalue weighted by atomic mass is 32.1. The fraction of sp³-hybridized carbons (Fsp3) is 0.349. The summed E-state index contributed by atoms with van der Waals surface area (Å²) in [6.07, 6.45) is 3.60. The van der Waals surface area contributed by atoms with Gasteiger partial charge >= 0.3 is 6.18 Å². The van der Waals surface area contributed by atoms with Crippen molar-refractivity contribution in [2.75, 3.05) is 0 Å². The van der Waals surface area contributed by atoms with Crippen LogP contribution < -0.4 is 9.13 Å². The van der Waals surface area contributed by atoms with E-state index in [0.717, 1.165) is 25.7 Å². The van der Waals surface area contributed by atoms with E-state index in [2.05, 4.69) is 114 Å². The minimum absolute atomic E-state index is 0.0328. The minimum atomic E-state index is -4.64. The van der Waals surface area contributed by atoms with E-state index in [9.17, 15) is 13.2 Å². The largest absolute Gasteiger partial charge is 0.453 e. The van der Waals surface area contributed by atoms with Crippen LogP contribution in [0.15, 0.2) is 91.1 Å². The van der Waals surface area contributed by atoms with Crippen molar-refractivity contribution in [3.8, 4) is 22.8 Å². The molecule has 52 heavy (non-hydrogen) atoms. The van der Waals surface area contributed by atoms with Crippen molar-refractivity contribution in [2.24, 2.45) is 0 Å². The van der Waals surface area contributed by atoms with Gasteiger partial charge < -0.3 is 0 Å². The molecule has 4 aromatic heterocycles. The van der Waals surface area contributed by atoms with Crippen LogP contribution in [0.1, 0.15) is 89.2 Å². The van der Waals surface area contributed by atoms with Crippen LogP contribution in [0.4, 0.5) is 13.2 Å². The maximum atomic E-state index is 14.2. The fourth-order valence-corrected chi connectivity index (χ4v) is 11.0. The molecule has 3 atom stereocenters. The highest BCUT2D eigenvalue weighted by Gasteiger charge is 2.62. The number of nitrogens with zero attached hydrogens (tertiary/aromatic N) is 5. The van der Waals surface area contributed by atoms with Gasteiger partial charge in [-0.2, -0.15) is 27.3 Å². The Labute approximate surface area is 305 Å². The number of hydrogen-bond acceptors (Lipinski definition) is 3. The predicted molar refractivity (Wildman–Crippen MR) is 201 cm³/mol. The number of benzene rings is 3. The second-order valence-electron chi connectivity index (χ2n) is 14.7. The highest BCUT2D eigenvalue weighted by Crippen LogP contribution is 2.51. The Morgan fingerprint density at radius 3 is 2.50 bits per heavy atom. The number of unbranched alkanes of at least 4 members (excludes halogenated alkanes) is 1. The molecule has 3 aromatic carbocycles. The van der Waals surface area contributed by atoms with Crippen molar-refractivity contribution in [1.29, 1.82) is 0 Å². The molecule has 6 heterocycles. The van der Waals surface area contributed by atoms with Crippen LogP contribution in [-0.4, -0.2) is 14.8 Å². The summed E-state index contributed by atoms with van der Waals surface area (Å²) in [7, 11) is 0. The van der Waals surface area contributed by atoms with Gasteiger partial charge in [0.1, 0.15) is 5.54 Å². The van der Waals surface area contributed by atoms with Gasteiger partial charge in [-0.3, -0.25) is 0 Å². The molecule has 0 bridgehead atoms. The lowest BCUT2D eigenvalue weighted by Gasteiger charge is -2.46. The summed E-state index contributed by atoms with van der Waals surface area (Å²) in [6, 6.07) is 30.4. The Hall–Kier alpha value is -4.63. The van der Waals surface area contributed by atoms with Crippen LogP contribution >= 0.6 is 11.3 Å². The van der Waals surface area contributed by atoms with E-state index in [4.69, 9.17) is 0 Å². The summed E-state index contributed by atoms with van der Waals surface area (Å²) in [4.78, 5) is 4.11. The summed E-state index contributed by atoms with van der Waals surface area (Å²) in [5.74, 6) is -0.820. The predicted octanol–water partition coefficient (Wildman–Crippen LogP) is 10.7. The van der Waals surface area contributed by atoms with E-state index in [1.54, 1.807) is 4.68 Å². The zero-order chi connectivity index (χ0) is 36.0. The van der Waals surface area contributed by atoms with E-state index in [-0.39, 0.29) is 11.9 Å². The topological polar surface area (TPSA) is 38.5 Å². The van der Waals surface area contributed by atoms with Crippen molar-refractivity contribution >= 4 is 42.4 Å². The van der Waals surface area contributed by atoms with Crippen molar-refractivity contribution in [3.63, 3.8) is 0 Å². The lowest BCUT2D eigenvalue weighted by molar-refractivity contribution is -0.776. The Morgan fingerprint density at radius 1 is 0.885 bits per heavy atom. The van der Waals surface area contributed by atoms with E-state index >= 15 is 0 Å². The molecule has 5 nitrogen and oxygen atoms in total. The first-order chi connectivity index (χ1) is 25.1. The lowest BCUT2D eigenvalue weighted by atomic mass is 9.69. The Balaban J connectivity index is 1.23. The van der Waals surface area contributed by atoms with Crippen molar-refractivity contribution in [2.45, 2.75) is 95.9 Å². The lowest BCUT2D eigenvalue weighted by Crippen LogP contribution is -2.71. The number of para-hydroxylation sites is 1. The number of alkyl halides is 3. The summed E-state index contributed by atoms with van der Waals surface area (Å²) >= 11 is 1.90. The average molecular weight is 718 g/mol. The third kappa shape index (κ3) is 4.53. The maximum absolute atomic E-state index is 14.2. The Bertz CT molecular complexity index is 2530. The quantitative estimate of drug-likeness (QED) is 0.147. The highest BCUT2D eigenvalue weighted by molar-refractivity contribution is 7.26. The van der Waals surface area contributed by atoms with Gasteiger partial charge in [-0.15, -0.1) is 16.4 Å². The number of aryl methyl sites for hydroxylation is 1. The molecule has 2 aliphatic rings. The van der Waals surface area contributed by atoms with Crippen LogP contribution in [0.5, 0.6) is 0 Å². The van der Waals surface area contributed by atoms with Gasteiger partial charge in [-0.1, -0.05) is 63.6 Å². The molecule has 0 fully saturated rings. The second kappa shape index (κ2) is 12.0. The minimum Gasteiger partial charge on any atom is -0.227 e. The van der Waals surface area contributed by atoms with Gasteiger partial charge in [0.2, 0.25) is 17.0 Å². The van der Waals surface area contributed by atoms with E-state index in [1.165, 1.54) is 59.9 Å². The fourth-order valence-electron chi connectivity index (χ4n) is 9.65. The molecule has 9 heteroatoms. The normalized spacial score (nSPS) is 20.7. The van der Waals surface area contributed by atoms with Crippen LogP contribution in [0.3, 0.4) is 0 Å². The molecule has 264 valence electrons. The zero-order valence-corrected chi connectivity index (χ0v) is 30.8. The van der Waals surface area contributed by atoms with Gasteiger partial charge in [0.05, 0.1) is 5.56 Å².